The molecule has 2 aromatic carbocycles. The predicted octanol–water partition coefficient (Wildman–Crippen LogP) is 2.43. The van der Waals surface area contributed by atoms with E-state index in [2.05, 4.69) is 5.32 Å². The molecule has 0 saturated carbocycles. The molecule has 1 heterocycles. The molecule has 6 heteroatoms. The van der Waals surface area contributed by atoms with Gasteiger partial charge in [0.25, 0.3) is 0 Å². The normalized spacial score (nSPS) is 10.9. The van der Waals surface area contributed by atoms with Gasteiger partial charge in [0, 0.05) is 7.05 Å². The van der Waals surface area contributed by atoms with Crippen molar-refractivity contribution >= 4 is 22.6 Å². The molecule has 0 saturated heterocycles. The van der Waals surface area contributed by atoms with Crippen LogP contribution >= 0.6 is 0 Å². The van der Waals surface area contributed by atoms with Crippen LogP contribution in [-0.4, -0.2) is 15.0 Å². The van der Waals surface area contributed by atoms with Crippen LogP contribution in [0, 0.1) is 12.7 Å². The number of para-hydroxylation sites is 2. The third-order valence-electron chi connectivity index (χ3n) is 3.75. The minimum absolute atomic E-state index is 0.114. The average Bonchev–Trinajstić information content (AvgIpc) is 2.76. The van der Waals surface area contributed by atoms with E-state index in [1.807, 2.05) is 19.1 Å². The summed E-state index contributed by atoms with van der Waals surface area (Å²) < 4.78 is 16.6. The highest BCUT2D eigenvalue weighted by Crippen LogP contribution is 2.16. The fourth-order valence-electron chi connectivity index (χ4n) is 2.58. The maximum absolute atomic E-state index is 13.7. The molecule has 0 bridgehead atoms. The lowest BCUT2D eigenvalue weighted by Gasteiger charge is -2.08. The van der Waals surface area contributed by atoms with E-state index in [0.29, 0.717) is 5.52 Å². The molecule has 0 atom stereocenters. The first-order valence-corrected chi connectivity index (χ1v) is 7.17. The molecule has 0 radical (unpaired) electrons. The second-order valence-electron chi connectivity index (χ2n) is 5.45. The molecule has 1 N–H and O–H groups in total. The number of carbonyl (C=O) groups excluding carboxylic acids is 1. The van der Waals surface area contributed by atoms with Crippen LogP contribution in [0.15, 0.2) is 47.3 Å². The molecule has 1 aromatic heterocycles. The van der Waals surface area contributed by atoms with Crippen molar-refractivity contribution in [2.24, 2.45) is 7.05 Å². The number of nitrogens with one attached hydrogen (secondary N) is 1. The van der Waals surface area contributed by atoms with E-state index in [0.717, 1.165) is 11.1 Å². The largest absolute Gasteiger partial charge is 0.329 e. The standard InChI is InChI=1S/C17H16FN3O2/c1-11-7-8-12(18)13(9-11)19-16(22)10-21-15-6-4-3-5-14(15)20(2)17(21)23/h3-9H,10H2,1-2H3,(H,19,22). The number of halogens is 1. The SMILES string of the molecule is Cc1ccc(F)c(NC(=O)Cn2c(=O)n(C)c3ccccc32)c1. The van der Waals surface area contributed by atoms with E-state index in [-0.39, 0.29) is 17.9 Å². The number of imidazole rings is 1. The van der Waals surface area contributed by atoms with E-state index in [9.17, 15) is 14.0 Å². The van der Waals surface area contributed by atoms with Gasteiger partial charge in [-0.15, -0.1) is 0 Å². The van der Waals surface area contributed by atoms with Crippen LogP contribution in [0.25, 0.3) is 11.0 Å². The van der Waals surface area contributed by atoms with Gasteiger partial charge in [0.2, 0.25) is 5.91 Å². The zero-order valence-corrected chi connectivity index (χ0v) is 12.8. The van der Waals surface area contributed by atoms with Crippen molar-refractivity contribution in [3.8, 4) is 0 Å². The second kappa shape index (κ2) is 5.72. The third-order valence-corrected chi connectivity index (χ3v) is 3.75. The molecule has 1 amide bonds. The second-order valence-corrected chi connectivity index (χ2v) is 5.45. The van der Waals surface area contributed by atoms with E-state index < -0.39 is 11.7 Å². The number of anilines is 1. The molecule has 23 heavy (non-hydrogen) atoms. The summed E-state index contributed by atoms with van der Waals surface area (Å²) in [5.41, 5.74) is 2.07. The summed E-state index contributed by atoms with van der Waals surface area (Å²) in [6, 6.07) is 11.7. The smallest absolute Gasteiger partial charge is 0.322 e. The Balaban J connectivity index is 1.91. The number of hydrogen-bond donors (Lipinski definition) is 1. The maximum Gasteiger partial charge on any atom is 0.329 e. The predicted molar refractivity (Wildman–Crippen MR) is 86.9 cm³/mol. The minimum atomic E-state index is -0.505. The summed E-state index contributed by atoms with van der Waals surface area (Å²) in [5, 5.41) is 2.52. The van der Waals surface area contributed by atoms with Crippen molar-refractivity contribution in [2.75, 3.05) is 5.32 Å². The Labute approximate surface area is 132 Å². The minimum Gasteiger partial charge on any atom is -0.322 e. The van der Waals surface area contributed by atoms with Gasteiger partial charge in [-0.25, -0.2) is 9.18 Å². The van der Waals surface area contributed by atoms with Crippen LogP contribution in [-0.2, 0) is 18.4 Å². The Bertz CT molecular complexity index is 956. The lowest BCUT2D eigenvalue weighted by Crippen LogP contribution is -2.28. The van der Waals surface area contributed by atoms with Gasteiger partial charge in [0.15, 0.2) is 0 Å². The lowest BCUT2D eigenvalue weighted by atomic mass is 10.2. The van der Waals surface area contributed by atoms with E-state index in [1.165, 1.54) is 15.2 Å². The number of carbonyl (C=O) groups is 1. The summed E-state index contributed by atoms with van der Waals surface area (Å²) in [4.78, 5) is 24.5. The molecular weight excluding hydrogens is 297 g/mol. The molecule has 0 aliphatic heterocycles. The Kier molecular flexibility index (Phi) is 3.73. The van der Waals surface area contributed by atoms with Gasteiger partial charge in [-0.1, -0.05) is 18.2 Å². The van der Waals surface area contributed by atoms with Crippen molar-refractivity contribution < 1.29 is 9.18 Å². The van der Waals surface area contributed by atoms with Crippen molar-refractivity contribution in [1.29, 1.82) is 0 Å². The van der Waals surface area contributed by atoms with Gasteiger partial charge in [-0.2, -0.15) is 0 Å². The quantitative estimate of drug-likeness (QED) is 0.807. The Morgan fingerprint density at radius 2 is 1.87 bits per heavy atom. The van der Waals surface area contributed by atoms with Crippen LogP contribution in [0.3, 0.4) is 0 Å². The highest BCUT2D eigenvalue weighted by atomic mass is 19.1. The number of aryl methyl sites for hydroxylation is 2. The highest BCUT2D eigenvalue weighted by molar-refractivity contribution is 5.91. The van der Waals surface area contributed by atoms with Gasteiger partial charge >= 0.3 is 5.69 Å². The van der Waals surface area contributed by atoms with Gasteiger partial charge in [-0.3, -0.25) is 13.9 Å². The number of nitrogens with zero attached hydrogens (tertiary/aromatic N) is 2. The number of rotatable bonds is 3. The molecule has 0 unspecified atom stereocenters. The summed E-state index contributed by atoms with van der Waals surface area (Å²) >= 11 is 0. The maximum atomic E-state index is 13.7. The molecule has 5 nitrogen and oxygen atoms in total. The Morgan fingerprint density at radius 3 is 2.61 bits per heavy atom. The fraction of sp³-hybridized carbons (Fsp3) is 0.176. The van der Waals surface area contributed by atoms with Gasteiger partial charge in [0.05, 0.1) is 16.7 Å². The molecule has 0 aliphatic rings. The number of benzene rings is 2. The Morgan fingerprint density at radius 1 is 1.17 bits per heavy atom. The summed E-state index contributed by atoms with van der Waals surface area (Å²) in [6.07, 6.45) is 0. The Hall–Kier alpha value is -2.89. The zero-order valence-electron chi connectivity index (χ0n) is 12.8. The van der Waals surface area contributed by atoms with Gasteiger partial charge in [-0.05, 0) is 36.8 Å². The van der Waals surface area contributed by atoms with Gasteiger partial charge in [0.1, 0.15) is 12.4 Å². The van der Waals surface area contributed by atoms with E-state index >= 15 is 0 Å². The van der Waals surface area contributed by atoms with Crippen molar-refractivity contribution in [3.05, 3.63) is 64.3 Å². The van der Waals surface area contributed by atoms with Crippen molar-refractivity contribution in [2.45, 2.75) is 13.5 Å². The van der Waals surface area contributed by atoms with Crippen LogP contribution in [0.1, 0.15) is 5.56 Å². The first-order valence-electron chi connectivity index (χ1n) is 7.17. The summed E-state index contributed by atoms with van der Waals surface area (Å²) in [7, 11) is 1.65. The topological polar surface area (TPSA) is 56.0 Å². The van der Waals surface area contributed by atoms with Gasteiger partial charge < -0.3 is 5.32 Å². The average molecular weight is 313 g/mol. The summed E-state index contributed by atoms with van der Waals surface area (Å²) in [5.74, 6) is -0.956. The molecule has 3 aromatic rings. The van der Waals surface area contributed by atoms with E-state index in [4.69, 9.17) is 0 Å². The number of aromatic nitrogens is 2. The molecule has 118 valence electrons. The molecule has 0 fully saturated rings. The monoisotopic (exact) mass is 313 g/mol. The third kappa shape index (κ3) is 2.75. The van der Waals surface area contributed by atoms with E-state index in [1.54, 1.807) is 31.3 Å². The highest BCUT2D eigenvalue weighted by Gasteiger charge is 2.14. The van der Waals surface area contributed by atoms with Crippen LogP contribution in [0.4, 0.5) is 10.1 Å². The van der Waals surface area contributed by atoms with Crippen molar-refractivity contribution in [3.63, 3.8) is 0 Å². The molecule has 0 spiro atoms. The number of hydrogen-bond acceptors (Lipinski definition) is 2. The number of amides is 1. The zero-order chi connectivity index (χ0) is 16.6. The van der Waals surface area contributed by atoms with Crippen LogP contribution in [0.2, 0.25) is 0 Å². The van der Waals surface area contributed by atoms with Crippen LogP contribution < -0.4 is 11.0 Å². The molecule has 0 aliphatic carbocycles. The fourth-order valence-corrected chi connectivity index (χ4v) is 2.58. The molecule has 3 rings (SSSR count). The molecular formula is C17H16FN3O2. The number of fused-ring (bicyclic) bond motifs is 1. The first-order chi connectivity index (χ1) is 11.0. The van der Waals surface area contributed by atoms with Crippen LogP contribution in [0.5, 0.6) is 0 Å². The first kappa shape index (κ1) is 15.0. The van der Waals surface area contributed by atoms with Crippen molar-refractivity contribution in [1.82, 2.24) is 9.13 Å². The summed E-state index contributed by atoms with van der Waals surface area (Å²) in [6.45, 7) is 1.64. The lowest BCUT2D eigenvalue weighted by molar-refractivity contribution is -0.116.